The second-order valence-electron chi connectivity index (χ2n) is 6.47. The van der Waals surface area contributed by atoms with E-state index < -0.39 is 0 Å². The van der Waals surface area contributed by atoms with Gasteiger partial charge in [0.15, 0.2) is 5.96 Å². The molecular weight excluding hydrogens is 495 g/mol. The van der Waals surface area contributed by atoms with Gasteiger partial charge in [0.25, 0.3) is 0 Å². The molecule has 0 amide bonds. The first-order valence-corrected chi connectivity index (χ1v) is 9.48. The molecule has 30 heavy (non-hydrogen) atoms. The molecule has 0 aliphatic heterocycles. The molecule has 3 N–H and O–H groups in total. The lowest BCUT2D eigenvalue weighted by Gasteiger charge is -2.17. The summed E-state index contributed by atoms with van der Waals surface area (Å²) in [6.45, 7) is 1.27. The number of halogens is 1. The Bertz CT molecular complexity index is 962. The molecular formula is C22H29IN4O3. The molecule has 8 heteroatoms. The molecule has 0 radical (unpaired) electrons. The van der Waals surface area contributed by atoms with E-state index >= 15 is 0 Å². The van der Waals surface area contributed by atoms with Crippen LogP contribution in [0.4, 0.5) is 0 Å². The second-order valence-corrected chi connectivity index (χ2v) is 6.47. The molecule has 0 aliphatic rings. The number of hydrogen-bond donors (Lipinski definition) is 3. The van der Waals surface area contributed by atoms with Crippen LogP contribution in [0.5, 0.6) is 17.2 Å². The van der Waals surface area contributed by atoms with Crippen LogP contribution in [0, 0.1) is 0 Å². The van der Waals surface area contributed by atoms with Crippen LogP contribution >= 0.6 is 24.0 Å². The molecule has 3 aromatic rings. The highest BCUT2D eigenvalue weighted by Gasteiger charge is 2.14. The number of methoxy groups -OCH3 is 3. The van der Waals surface area contributed by atoms with Crippen LogP contribution in [0.15, 0.2) is 47.6 Å². The zero-order chi connectivity index (χ0) is 20.6. The van der Waals surface area contributed by atoms with E-state index in [2.05, 4.69) is 45.0 Å². The van der Waals surface area contributed by atoms with Crippen LogP contribution in [0.25, 0.3) is 10.9 Å². The number of ether oxygens (including phenoxy) is 3. The molecule has 162 valence electrons. The highest BCUT2D eigenvalue weighted by atomic mass is 127. The summed E-state index contributed by atoms with van der Waals surface area (Å²) >= 11 is 0. The van der Waals surface area contributed by atoms with Crippen molar-refractivity contribution in [2.45, 2.75) is 13.0 Å². The van der Waals surface area contributed by atoms with Gasteiger partial charge in [0.05, 0.1) is 33.4 Å². The molecule has 7 nitrogen and oxygen atoms in total. The van der Waals surface area contributed by atoms with Crippen LogP contribution in [-0.4, -0.2) is 45.9 Å². The summed E-state index contributed by atoms with van der Waals surface area (Å²) in [4.78, 5) is 7.62. The van der Waals surface area contributed by atoms with Gasteiger partial charge in [0, 0.05) is 42.8 Å². The highest BCUT2D eigenvalue weighted by Crippen LogP contribution is 2.33. The first kappa shape index (κ1) is 23.7. The van der Waals surface area contributed by atoms with E-state index in [-0.39, 0.29) is 24.0 Å². The lowest BCUT2D eigenvalue weighted by Crippen LogP contribution is -2.38. The second kappa shape index (κ2) is 11.5. The fourth-order valence-corrected chi connectivity index (χ4v) is 3.30. The number of fused-ring (bicyclic) bond motifs is 1. The first-order chi connectivity index (χ1) is 14.2. The van der Waals surface area contributed by atoms with Crippen molar-refractivity contribution in [3.8, 4) is 17.2 Å². The van der Waals surface area contributed by atoms with Gasteiger partial charge in [-0.2, -0.15) is 0 Å². The first-order valence-electron chi connectivity index (χ1n) is 9.48. The third-order valence-electron chi connectivity index (χ3n) is 4.84. The number of H-pyrrole nitrogens is 1. The number of guanidine groups is 1. The van der Waals surface area contributed by atoms with Gasteiger partial charge in [-0.25, -0.2) is 0 Å². The molecule has 0 bridgehead atoms. The molecule has 0 saturated heterocycles. The summed E-state index contributed by atoms with van der Waals surface area (Å²) in [6.07, 6.45) is 2.95. The third-order valence-corrected chi connectivity index (χ3v) is 4.84. The van der Waals surface area contributed by atoms with Gasteiger partial charge in [-0.05, 0) is 18.1 Å². The third kappa shape index (κ3) is 5.50. The number of para-hydroxylation sites is 1. The maximum Gasteiger partial charge on any atom is 0.191 e. The Morgan fingerprint density at radius 3 is 2.33 bits per heavy atom. The van der Waals surface area contributed by atoms with E-state index in [0.717, 1.165) is 24.0 Å². The van der Waals surface area contributed by atoms with Crippen molar-refractivity contribution in [2.24, 2.45) is 4.99 Å². The van der Waals surface area contributed by atoms with Crippen molar-refractivity contribution in [1.29, 1.82) is 0 Å². The summed E-state index contributed by atoms with van der Waals surface area (Å²) in [7, 11) is 6.63. The number of aliphatic imine (C=N–C) groups is 1. The number of nitrogens with one attached hydrogen (secondary N) is 3. The number of hydrogen-bond acceptors (Lipinski definition) is 4. The van der Waals surface area contributed by atoms with Crippen molar-refractivity contribution in [1.82, 2.24) is 15.6 Å². The average molecular weight is 524 g/mol. The lowest BCUT2D eigenvalue weighted by atomic mass is 10.1. The SMILES string of the molecule is CN=C(NCCc1c[nH]c2ccccc12)NCc1c(OC)cc(OC)cc1OC.I. The molecule has 0 spiro atoms. The molecule has 0 unspecified atom stereocenters. The van der Waals surface area contributed by atoms with Gasteiger partial charge in [-0.15, -0.1) is 24.0 Å². The maximum absolute atomic E-state index is 5.50. The summed E-state index contributed by atoms with van der Waals surface area (Å²) in [5.41, 5.74) is 3.33. The minimum absolute atomic E-state index is 0. The monoisotopic (exact) mass is 524 g/mol. The van der Waals surface area contributed by atoms with Crippen molar-refractivity contribution in [3.63, 3.8) is 0 Å². The minimum atomic E-state index is 0. The molecule has 0 fully saturated rings. The number of nitrogens with zero attached hydrogens (tertiary/aromatic N) is 1. The molecule has 1 aromatic heterocycles. The van der Waals surface area contributed by atoms with Crippen LogP contribution < -0.4 is 24.8 Å². The summed E-state index contributed by atoms with van der Waals surface area (Å²) in [5.74, 6) is 2.79. The highest BCUT2D eigenvalue weighted by molar-refractivity contribution is 14.0. The Hall–Kier alpha value is -2.62. The number of aromatic amines is 1. The molecule has 0 saturated carbocycles. The minimum Gasteiger partial charge on any atom is -0.496 e. The number of rotatable bonds is 8. The van der Waals surface area contributed by atoms with Gasteiger partial charge in [0.1, 0.15) is 17.2 Å². The van der Waals surface area contributed by atoms with Gasteiger partial charge in [-0.3, -0.25) is 4.99 Å². The van der Waals surface area contributed by atoms with Gasteiger partial charge in [0.2, 0.25) is 0 Å². The fourth-order valence-electron chi connectivity index (χ4n) is 3.30. The standard InChI is InChI=1S/C22H28N4O3.HI/c1-23-22(24-10-9-15-13-25-19-8-6-5-7-17(15)19)26-14-18-20(28-3)11-16(27-2)12-21(18)29-4;/h5-8,11-13,25H,9-10,14H2,1-4H3,(H2,23,24,26);1H. The van der Waals surface area contributed by atoms with E-state index in [9.17, 15) is 0 Å². The van der Waals surface area contributed by atoms with E-state index in [1.165, 1.54) is 10.9 Å². The van der Waals surface area contributed by atoms with E-state index in [1.807, 2.05) is 18.2 Å². The zero-order valence-electron chi connectivity index (χ0n) is 17.7. The predicted octanol–water partition coefficient (Wildman–Crippen LogP) is 3.72. The summed E-state index contributed by atoms with van der Waals surface area (Å²) in [5, 5.41) is 7.93. The van der Waals surface area contributed by atoms with Crippen LogP contribution in [0.3, 0.4) is 0 Å². The van der Waals surface area contributed by atoms with E-state index in [1.54, 1.807) is 28.4 Å². The molecule has 3 rings (SSSR count). The quantitative estimate of drug-likeness (QED) is 0.238. The van der Waals surface area contributed by atoms with Gasteiger partial charge >= 0.3 is 0 Å². The topological polar surface area (TPSA) is 79.9 Å². The molecule has 1 heterocycles. The van der Waals surface area contributed by atoms with Gasteiger partial charge in [-0.1, -0.05) is 18.2 Å². The molecule has 0 atom stereocenters. The largest absolute Gasteiger partial charge is 0.496 e. The number of benzene rings is 2. The lowest BCUT2D eigenvalue weighted by molar-refractivity contribution is 0.368. The van der Waals surface area contributed by atoms with Crippen molar-refractivity contribution < 1.29 is 14.2 Å². The summed E-state index contributed by atoms with van der Waals surface area (Å²) in [6, 6.07) is 12.0. The van der Waals surface area contributed by atoms with Crippen LogP contribution in [0.2, 0.25) is 0 Å². The van der Waals surface area contributed by atoms with E-state index in [0.29, 0.717) is 29.8 Å². The fraction of sp³-hybridized carbons (Fsp3) is 0.318. The van der Waals surface area contributed by atoms with Crippen molar-refractivity contribution in [2.75, 3.05) is 34.9 Å². The van der Waals surface area contributed by atoms with Crippen molar-refractivity contribution in [3.05, 3.63) is 53.7 Å². The maximum atomic E-state index is 5.50. The van der Waals surface area contributed by atoms with Gasteiger partial charge < -0.3 is 29.8 Å². The smallest absolute Gasteiger partial charge is 0.191 e. The number of aromatic nitrogens is 1. The van der Waals surface area contributed by atoms with Crippen LogP contribution in [0.1, 0.15) is 11.1 Å². The Labute approximate surface area is 194 Å². The zero-order valence-corrected chi connectivity index (χ0v) is 20.1. The average Bonchev–Trinajstić information content (AvgIpc) is 3.18. The predicted molar refractivity (Wildman–Crippen MR) is 132 cm³/mol. The molecule has 0 aliphatic carbocycles. The summed E-state index contributed by atoms with van der Waals surface area (Å²) < 4.78 is 16.3. The Morgan fingerprint density at radius 1 is 1.00 bits per heavy atom. The van der Waals surface area contributed by atoms with Crippen LogP contribution in [-0.2, 0) is 13.0 Å². The molecule has 2 aromatic carbocycles. The Balaban J connectivity index is 0.00000320. The Morgan fingerprint density at radius 2 is 1.70 bits per heavy atom. The Kier molecular flexibility index (Phi) is 9.10. The van der Waals surface area contributed by atoms with Crippen molar-refractivity contribution >= 4 is 40.8 Å². The normalized spacial score (nSPS) is 11.0. The van der Waals surface area contributed by atoms with E-state index in [4.69, 9.17) is 14.2 Å².